The summed E-state index contributed by atoms with van der Waals surface area (Å²) in [7, 11) is 0. The van der Waals surface area contributed by atoms with Crippen LogP contribution in [0.5, 0.6) is 11.5 Å². The van der Waals surface area contributed by atoms with Gasteiger partial charge in [0.15, 0.2) is 35.0 Å². The Bertz CT molecular complexity index is 936. The molecule has 2 aromatic rings. The predicted octanol–water partition coefficient (Wildman–Crippen LogP) is 2.87. The number of fused-ring (bicyclic) bond motifs is 1. The molecule has 0 spiro atoms. The minimum Gasteiger partial charge on any atom is -0.490 e. The Labute approximate surface area is 173 Å². The third kappa shape index (κ3) is 4.53. The number of carbonyl (C=O) groups is 1. The highest BCUT2D eigenvalue weighted by Crippen LogP contribution is 2.32. The van der Waals surface area contributed by atoms with E-state index in [1.807, 2.05) is 26.0 Å². The van der Waals surface area contributed by atoms with Crippen molar-refractivity contribution in [1.82, 2.24) is 0 Å². The maximum atomic E-state index is 13.9. The minimum atomic E-state index is -1.60. The zero-order chi connectivity index (χ0) is 21.8. The van der Waals surface area contributed by atoms with Gasteiger partial charge in [-0.2, -0.15) is 0 Å². The summed E-state index contributed by atoms with van der Waals surface area (Å²) in [4.78, 5) is 13.6. The van der Waals surface area contributed by atoms with E-state index in [0.29, 0.717) is 37.8 Å². The predicted molar refractivity (Wildman–Crippen MR) is 106 cm³/mol. The van der Waals surface area contributed by atoms with E-state index >= 15 is 0 Å². The molecule has 1 unspecified atom stereocenters. The summed E-state index contributed by atoms with van der Waals surface area (Å²) in [5.74, 6) is -3.39. The molecule has 2 atom stereocenters. The van der Waals surface area contributed by atoms with Crippen molar-refractivity contribution in [2.24, 2.45) is 0 Å². The lowest BCUT2D eigenvalue weighted by Crippen LogP contribution is -3.16. The molecule has 0 bridgehead atoms. The third-order valence-corrected chi connectivity index (χ3v) is 5.30. The molecule has 30 heavy (non-hydrogen) atoms. The summed E-state index contributed by atoms with van der Waals surface area (Å²) in [6.45, 7) is 7.86. The molecule has 0 saturated carbocycles. The van der Waals surface area contributed by atoms with Crippen LogP contribution in [0.4, 0.5) is 18.9 Å². The highest BCUT2D eigenvalue weighted by atomic mass is 19.2. The second-order valence-electron chi connectivity index (χ2n) is 7.20. The molecule has 1 aliphatic heterocycles. The van der Waals surface area contributed by atoms with Crippen LogP contribution in [0.2, 0.25) is 0 Å². The summed E-state index contributed by atoms with van der Waals surface area (Å²) in [6, 6.07) is 5.22. The lowest BCUT2D eigenvalue weighted by Gasteiger charge is -2.30. The second-order valence-corrected chi connectivity index (χ2v) is 7.20. The summed E-state index contributed by atoms with van der Waals surface area (Å²) in [5, 5.41) is 2.37. The van der Waals surface area contributed by atoms with Gasteiger partial charge in [0.1, 0.15) is 6.54 Å². The Balaban J connectivity index is 1.75. The number of nitrogens with one attached hydrogen (secondary N) is 2. The third-order valence-electron chi connectivity index (χ3n) is 5.30. The highest BCUT2D eigenvalue weighted by molar-refractivity contribution is 5.93. The van der Waals surface area contributed by atoms with Crippen LogP contribution >= 0.6 is 0 Å². The molecule has 8 heteroatoms. The van der Waals surface area contributed by atoms with Crippen molar-refractivity contribution in [1.29, 1.82) is 0 Å². The Morgan fingerprint density at radius 1 is 1.07 bits per heavy atom. The Kier molecular flexibility index (Phi) is 6.87. The van der Waals surface area contributed by atoms with Crippen LogP contribution in [0.1, 0.15) is 31.9 Å². The molecule has 3 rings (SSSR count). The Morgan fingerprint density at radius 2 is 1.70 bits per heavy atom. The van der Waals surface area contributed by atoms with E-state index in [0.717, 1.165) is 34.6 Å². The Hall–Kier alpha value is -2.74. The molecule has 162 valence electrons. The molecule has 0 saturated heterocycles. The molecule has 5 nitrogen and oxygen atoms in total. The van der Waals surface area contributed by atoms with Gasteiger partial charge in [-0.05, 0) is 50.6 Å². The van der Waals surface area contributed by atoms with Gasteiger partial charge in [-0.3, -0.25) is 4.79 Å². The van der Waals surface area contributed by atoms with Gasteiger partial charge >= 0.3 is 0 Å². The molecule has 0 radical (unpaired) electrons. The van der Waals surface area contributed by atoms with Crippen molar-refractivity contribution in [3.63, 3.8) is 0 Å². The molecule has 0 aliphatic carbocycles. The minimum absolute atomic E-state index is 0.373. The zero-order valence-corrected chi connectivity index (χ0v) is 17.3. The maximum Gasteiger partial charge on any atom is 0.282 e. The van der Waals surface area contributed by atoms with Crippen molar-refractivity contribution >= 4 is 11.6 Å². The first-order valence-corrected chi connectivity index (χ1v) is 10.1. The van der Waals surface area contributed by atoms with Crippen LogP contribution in [0, 0.1) is 17.5 Å². The van der Waals surface area contributed by atoms with E-state index < -0.39 is 29.4 Å². The number of rotatable bonds is 7. The fourth-order valence-corrected chi connectivity index (χ4v) is 3.62. The first-order valence-electron chi connectivity index (χ1n) is 10.1. The lowest BCUT2D eigenvalue weighted by atomic mass is 9.97. The number of quaternary nitrogens is 1. The van der Waals surface area contributed by atoms with Crippen LogP contribution in [0.3, 0.4) is 0 Å². The quantitative estimate of drug-likeness (QED) is 0.674. The SMILES string of the molecule is CCOc1cc2c(cc1OCC)C[NH+]([C@H](C)C(=O)Nc1ccc(F)c(F)c1F)CC2. The number of halogens is 3. The van der Waals surface area contributed by atoms with Gasteiger partial charge in [-0.25, -0.2) is 13.2 Å². The summed E-state index contributed by atoms with van der Waals surface area (Å²) >= 11 is 0. The van der Waals surface area contributed by atoms with Crippen LogP contribution in [-0.4, -0.2) is 31.7 Å². The van der Waals surface area contributed by atoms with Crippen molar-refractivity contribution in [3.8, 4) is 11.5 Å². The standard InChI is InChI=1S/C22H25F3N2O3/c1-4-29-18-10-14-8-9-27(12-15(14)11-19(18)30-5-2)13(3)22(28)26-17-7-6-16(23)20(24)21(17)25/h6-7,10-11,13H,4-5,8-9,12H2,1-3H3,(H,26,28)/p+1/t13-/m1/s1. The molecule has 1 heterocycles. The van der Waals surface area contributed by atoms with Crippen molar-refractivity contribution in [2.75, 3.05) is 25.1 Å². The van der Waals surface area contributed by atoms with E-state index in [2.05, 4.69) is 5.32 Å². The molecule has 1 aliphatic rings. The van der Waals surface area contributed by atoms with Crippen molar-refractivity contribution in [2.45, 2.75) is 39.8 Å². The van der Waals surface area contributed by atoms with Crippen LogP contribution in [0.25, 0.3) is 0 Å². The van der Waals surface area contributed by atoms with Crippen LogP contribution in [-0.2, 0) is 17.8 Å². The number of amides is 1. The highest BCUT2D eigenvalue weighted by Gasteiger charge is 2.31. The van der Waals surface area contributed by atoms with E-state index in [4.69, 9.17) is 9.47 Å². The van der Waals surface area contributed by atoms with Gasteiger partial charge in [-0.1, -0.05) is 0 Å². The number of anilines is 1. The number of hydrogen-bond donors (Lipinski definition) is 2. The maximum absolute atomic E-state index is 13.9. The smallest absolute Gasteiger partial charge is 0.282 e. The average molecular weight is 423 g/mol. The summed E-state index contributed by atoms with van der Waals surface area (Å²) in [5.41, 5.74) is 1.83. The van der Waals surface area contributed by atoms with Crippen LogP contribution in [0.15, 0.2) is 24.3 Å². The largest absolute Gasteiger partial charge is 0.490 e. The molecule has 0 aromatic heterocycles. The van der Waals surface area contributed by atoms with Crippen molar-refractivity contribution < 1.29 is 32.3 Å². The molecule has 0 fully saturated rings. The van der Waals surface area contributed by atoms with E-state index in [1.165, 1.54) is 0 Å². The Morgan fingerprint density at radius 3 is 2.33 bits per heavy atom. The normalized spacial score (nSPS) is 16.5. The van der Waals surface area contributed by atoms with E-state index in [9.17, 15) is 18.0 Å². The van der Waals surface area contributed by atoms with Gasteiger partial charge in [0, 0.05) is 12.0 Å². The van der Waals surface area contributed by atoms with Crippen LogP contribution < -0.4 is 19.7 Å². The summed E-state index contributed by atoms with van der Waals surface area (Å²) in [6.07, 6.45) is 0.744. The molecule has 1 amide bonds. The zero-order valence-electron chi connectivity index (χ0n) is 17.3. The monoisotopic (exact) mass is 423 g/mol. The topological polar surface area (TPSA) is 52.0 Å². The fourth-order valence-electron chi connectivity index (χ4n) is 3.62. The van der Waals surface area contributed by atoms with Gasteiger partial charge in [0.2, 0.25) is 0 Å². The van der Waals surface area contributed by atoms with E-state index in [1.54, 1.807) is 6.92 Å². The van der Waals surface area contributed by atoms with Gasteiger partial charge < -0.3 is 19.7 Å². The molecule has 2 aromatic carbocycles. The first-order chi connectivity index (χ1) is 14.3. The first kappa shape index (κ1) is 22.0. The van der Waals surface area contributed by atoms with Gasteiger partial charge in [0.05, 0.1) is 25.4 Å². The van der Waals surface area contributed by atoms with E-state index in [-0.39, 0.29) is 5.69 Å². The fraction of sp³-hybridized carbons (Fsp3) is 0.409. The number of hydrogen-bond acceptors (Lipinski definition) is 3. The van der Waals surface area contributed by atoms with Gasteiger partial charge in [-0.15, -0.1) is 0 Å². The number of carbonyl (C=O) groups excluding carboxylic acids is 1. The second kappa shape index (κ2) is 9.38. The van der Waals surface area contributed by atoms with Crippen molar-refractivity contribution in [3.05, 3.63) is 52.8 Å². The lowest BCUT2D eigenvalue weighted by molar-refractivity contribution is -0.929. The molecular formula is C22H26F3N2O3+. The van der Waals surface area contributed by atoms with Gasteiger partial charge in [0.25, 0.3) is 5.91 Å². The molecule has 2 N–H and O–H groups in total. The number of ether oxygens (including phenoxy) is 2. The number of benzene rings is 2. The summed E-state index contributed by atoms with van der Waals surface area (Å²) < 4.78 is 51.8. The average Bonchev–Trinajstić information content (AvgIpc) is 2.74. The molecular weight excluding hydrogens is 397 g/mol.